The second-order valence-corrected chi connectivity index (χ2v) is 6.23. The van der Waals surface area contributed by atoms with Crippen LogP contribution in [0.15, 0.2) is 45.8 Å². The predicted molar refractivity (Wildman–Crippen MR) is 93.9 cm³/mol. The van der Waals surface area contributed by atoms with E-state index >= 15 is 0 Å². The first kappa shape index (κ1) is 19.2. The fourth-order valence-electron chi connectivity index (χ4n) is 2.58. The fourth-order valence-corrected chi connectivity index (χ4v) is 3.11. The molecule has 0 fully saturated rings. The van der Waals surface area contributed by atoms with Crippen molar-refractivity contribution in [3.8, 4) is 0 Å². The Bertz CT molecular complexity index is 863. The summed E-state index contributed by atoms with van der Waals surface area (Å²) in [6.45, 7) is 0. The molecular formula is C14H8N2O8S2. The van der Waals surface area contributed by atoms with Gasteiger partial charge in [-0.25, -0.2) is 9.59 Å². The van der Waals surface area contributed by atoms with E-state index in [9.17, 15) is 40.0 Å². The van der Waals surface area contributed by atoms with Crippen LogP contribution in [0.5, 0.6) is 0 Å². The Morgan fingerprint density at radius 1 is 0.846 bits per heavy atom. The van der Waals surface area contributed by atoms with Crippen molar-refractivity contribution in [2.24, 2.45) is 0 Å². The highest BCUT2D eigenvalue weighted by atomic mass is 32.1. The van der Waals surface area contributed by atoms with Gasteiger partial charge in [0.2, 0.25) is 0 Å². The predicted octanol–water partition coefficient (Wildman–Crippen LogP) is 1.62. The van der Waals surface area contributed by atoms with Crippen LogP contribution in [-0.4, -0.2) is 41.7 Å². The molecule has 0 aliphatic heterocycles. The number of hydrogen-bond acceptors (Lipinski definition) is 8. The summed E-state index contributed by atoms with van der Waals surface area (Å²) < 4.78 is 0. The molecule has 0 aromatic carbocycles. The molecule has 0 spiro atoms. The van der Waals surface area contributed by atoms with Crippen LogP contribution in [-0.2, 0) is 9.59 Å². The van der Waals surface area contributed by atoms with E-state index in [1.807, 2.05) is 0 Å². The number of allylic oxidation sites excluding steroid dienone is 4. The molecule has 0 saturated carbocycles. The number of carbonyl (C=O) groups is 2. The summed E-state index contributed by atoms with van der Waals surface area (Å²) in [6, 6.07) is 0. The minimum Gasteiger partial charge on any atom is -0.478 e. The van der Waals surface area contributed by atoms with Gasteiger partial charge in [-0.3, -0.25) is 20.2 Å². The molecule has 0 aromatic heterocycles. The Kier molecular flexibility index (Phi) is 5.18. The summed E-state index contributed by atoms with van der Waals surface area (Å²) in [7, 11) is 0. The van der Waals surface area contributed by atoms with Crippen molar-refractivity contribution in [1.82, 2.24) is 0 Å². The van der Waals surface area contributed by atoms with Crippen LogP contribution in [0.2, 0.25) is 0 Å². The van der Waals surface area contributed by atoms with Crippen LogP contribution in [0.25, 0.3) is 0 Å². The first-order valence-corrected chi connectivity index (χ1v) is 7.58. The number of rotatable bonds is 5. The number of carboxylic acid groups (broad SMARTS) is 2. The summed E-state index contributed by atoms with van der Waals surface area (Å²) in [5.74, 6) is -3.21. The standard InChI is InChI=1S/C14H8N2O8S2/c17-13(18)9-3-5(25)1-7(11(9)15(21)22)8-2-6(26)4-10(14(19)20)12(8)16(23)24/h1-2H,3-4H2,(H,17,18)(H,19,20). The molecule has 2 aliphatic rings. The minimum atomic E-state index is -1.60. The Morgan fingerprint density at radius 2 is 1.15 bits per heavy atom. The molecule has 2 N–H and O–H groups in total. The normalized spacial score (nSPS) is 17.7. The Hall–Kier alpha value is -3.12. The van der Waals surface area contributed by atoms with E-state index < -0.39 is 68.3 Å². The van der Waals surface area contributed by atoms with Gasteiger partial charge in [0.25, 0.3) is 11.4 Å². The molecule has 134 valence electrons. The number of nitro groups is 2. The van der Waals surface area contributed by atoms with E-state index in [1.165, 1.54) is 0 Å². The van der Waals surface area contributed by atoms with Gasteiger partial charge in [-0.15, -0.1) is 0 Å². The molecule has 12 heteroatoms. The summed E-state index contributed by atoms with van der Waals surface area (Å²) >= 11 is 9.89. The molecule has 0 saturated heterocycles. The summed E-state index contributed by atoms with van der Waals surface area (Å²) in [5.41, 5.74) is -3.95. The minimum absolute atomic E-state index is 0.0000326. The first-order chi connectivity index (χ1) is 12.0. The average Bonchev–Trinajstić information content (AvgIpc) is 2.52. The topological polar surface area (TPSA) is 161 Å². The van der Waals surface area contributed by atoms with Crippen LogP contribution < -0.4 is 0 Å². The average molecular weight is 396 g/mol. The van der Waals surface area contributed by atoms with E-state index in [0.717, 1.165) is 12.2 Å². The van der Waals surface area contributed by atoms with Gasteiger partial charge in [0.1, 0.15) is 11.1 Å². The molecule has 26 heavy (non-hydrogen) atoms. The van der Waals surface area contributed by atoms with Gasteiger partial charge < -0.3 is 10.2 Å². The van der Waals surface area contributed by atoms with Crippen molar-refractivity contribution in [1.29, 1.82) is 0 Å². The van der Waals surface area contributed by atoms with Crippen molar-refractivity contribution in [2.75, 3.05) is 0 Å². The molecule has 2 aliphatic carbocycles. The molecule has 0 bridgehead atoms. The fraction of sp³-hybridized carbons (Fsp3) is 0.143. The summed E-state index contributed by atoms with van der Waals surface area (Å²) in [5, 5.41) is 41.3. The van der Waals surface area contributed by atoms with Gasteiger partial charge in [0.05, 0.1) is 21.0 Å². The maximum atomic E-state index is 11.4. The highest BCUT2D eigenvalue weighted by Crippen LogP contribution is 2.37. The van der Waals surface area contributed by atoms with Gasteiger partial charge in [-0.2, -0.15) is 0 Å². The third-order valence-electron chi connectivity index (χ3n) is 3.57. The Labute approximate surface area is 155 Å². The van der Waals surface area contributed by atoms with Gasteiger partial charge in [-0.05, 0) is 12.2 Å². The quantitative estimate of drug-likeness (QED) is 0.397. The third kappa shape index (κ3) is 3.45. The van der Waals surface area contributed by atoms with E-state index in [4.69, 9.17) is 24.4 Å². The molecule has 2 rings (SSSR count). The first-order valence-electron chi connectivity index (χ1n) is 6.76. The van der Waals surface area contributed by atoms with Gasteiger partial charge in [0.15, 0.2) is 0 Å². The SMILES string of the molecule is O=C(O)C1=C([N+](=O)[O-])C(C2=CC(=S)CC(C(=O)O)=C2[N+](=O)[O-])=CC(=S)C1. The number of carboxylic acids is 2. The maximum Gasteiger partial charge on any atom is 0.338 e. The summed E-state index contributed by atoms with van der Waals surface area (Å²) in [6.07, 6.45) is 1.32. The molecule has 0 amide bonds. The smallest absolute Gasteiger partial charge is 0.338 e. The molecule has 0 heterocycles. The zero-order valence-electron chi connectivity index (χ0n) is 12.6. The van der Waals surface area contributed by atoms with Crippen LogP contribution in [0, 0.1) is 20.2 Å². The van der Waals surface area contributed by atoms with Gasteiger partial charge in [-0.1, -0.05) is 24.4 Å². The van der Waals surface area contributed by atoms with Crippen molar-refractivity contribution >= 4 is 46.1 Å². The van der Waals surface area contributed by atoms with Crippen molar-refractivity contribution in [3.05, 3.63) is 66.1 Å². The molecule has 0 unspecified atom stereocenters. The molecule has 10 nitrogen and oxygen atoms in total. The number of nitrogens with zero attached hydrogens (tertiary/aromatic N) is 2. The maximum absolute atomic E-state index is 11.4. The Morgan fingerprint density at radius 3 is 1.38 bits per heavy atom. The monoisotopic (exact) mass is 396 g/mol. The van der Waals surface area contributed by atoms with E-state index in [1.54, 1.807) is 0 Å². The zero-order chi connectivity index (χ0) is 19.8. The van der Waals surface area contributed by atoms with E-state index in [2.05, 4.69) is 0 Å². The number of thiocarbonyl (C=S) groups is 2. The largest absolute Gasteiger partial charge is 0.478 e. The van der Waals surface area contributed by atoms with Crippen LogP contribution in [0.4, 0.5) is 0 Å². The lowest BCUT2D eigenvalue weighted by atomic mass is 9.85. The lowest BCUT2D eigenvalue weighted by Crippen LogP contribution is -2.25. The molecular weight excluding hydrogens is 388 g/mol. The second-order valence-electron chi connectivity index (χ2n) is 5.18. The van der Waals surface area contributed by atoms with E-state index in [0.29, 0.717) is 0 Å². The number of hydrogen-bond donors (Lipinski definition) is 2. The zero-order valence-corrected chi connectivity index (χ0v) is 14.3. The van der Waals surface area contributed by atoms with Crippen LogP contribution in [0.1, 0.15) is 12.8 Å². The number of aliphatic carboxylic acids is 2. The van der Waals surface area contributed by atoms with E-state index in [-0.39, 0.29) is 9.73 Å². The second kappa shape index (κ2) is 7.01. The molecule has 0 atom stereocenters. The molecule has 0 radical (unpaired) electrons. The Balaban J connectivity index is 2.85. The lowest BCUT2D eigenvalue weighted by Gasteiger charge is -2.19. The van der Waals surface area contributed by atoms with Crippen molar-refractivity contribution in [3.63, 3.8) is 0 Å². The highest BCUT2D eigenvalue weighted by Gasteiger charge is 2.41. The highest BCUT2D eigenvalue weighted by molar-refractivity contribution is 7.81. The van der Waals surface area contributed by atoms with Crippen LogP contribution >= 0.6 is 24.4 Å². The lowest BCUT2D eigenvalue weighted by molar-refractivity contribution is -0.426. The van der Waals surface area contributed by atoms with Crippen molar-refractivity contribution < 1.29 is 29.6 Å². The van der Waals surface area contributed by atoms with Crippen LogP contribution in [0.3, 0.4) is 0 Å². The molecule has 0 aromatic rings. The third-order valence-corrected chi connectivity index (χ3v) is 4.09. The summed E-state index contributed by atoms with van der Waals surface area (Å²) in [4.78, 5) is 43.6. The van der Waals surface area contributed by atoms with Gasteiger partial charge >= 0.3 is 11.9 Å². The van der Waals surface area contributed by atoms with Gasteiger partial charge in [0, 0.05) is 22.6 Å². The van der Waals surface area contributed by atoms with Crippen molar-refractivity contribution in [2.45, 2.75) is 12.8 Å².